The molecule has 0 saturated heterocycles. The van der Waals surface area contributed by atoms with Crippen LogP contribution in [0.4, 0.5) is 4.79 Å². The molecule has 3 rings (SSSR count). The number of fused-ring (bicyclic) bond motifs is 2. The maximum atomic E-state index is 11.6. The van der Waals surface area contributed by atoms with E-state index in [0.717, 1.165) is 0 Å². The van der Waals surface area contributed by atoms with Gasteiger partial charge in [-0.1, -0.05) is 54.6 Å². The van der Waals surface area contributed by atoms with Crippen molar-refractivity contribution in [3.05, 3.63) is 72.8 Å². The fourth-order valence-corrected chi connectivity index (χ4v) is 3.35. The van der Waals surface area contributed by atoms with E-state index in [-0.39, 0.29) is 0 Å². The quantitative estimate of drug-likeness (QED) is 0.363. The molecule has 0 heterocycles. The Bertz CT molecular complexity index is 866. The van der Waals surface area contributed by atoms with E-state index in [1.807, 2.05) is 24.3 Å². The molecule has 2 N–H and O–H groups in total. The summed E-state index contributed by atoms with van der Waals surface area (Å²) < 4.78 is 0. The molecule has 3 aromatic rings. The third kappa shape index (κ3) is 4.03. The Morgan fingerprint density at radius 1 is 1.04 bits per heavy atom. The Morgan fingerprint density at radius 3 is 2.23 bits per heavy atom. The van der Waals surface area contributed by atoms with Gasteiger partial charge in [0.1, 0.15) is 0 Å². The van der Waals surface area contributed by atoms with Gasteiger partial charge in [0.2, 0.25) is 0 Å². The zero-order chi connectivity index (χ0) is 18.4. The molecule has 0 aromatic heterocycles. The molecule has 0 aliphatic heterocycles. The molecule has 0 aliphatic rings. The van der Waals surface area contributed by atoms with Crippen molar-refractivity contribution in [1.29, 1.82) is 0 Å². The summed E-state index contributed by atoms with van der Waals surface area (Å²) in [6.45, 7) is 5.90. The van der Waals surface area contributed by atoms with Crippen LogP contribution in [0.1, 0.15) is 5.56 Å². The number of hydrogen-bond donors (Lipinski definition) is 2. The fourth-order valence-electron chi connectivity index (χ4n) is 3.35. The van der Waals surface area contributed by atoms with Crippen LogP contribution in [0.25, 0.3) is 21.5 Å². The summed E-state index contributed by atoms with van der Waals surface area (Å²) >= 11 is 0. The predicted molar refractivity (Wildman–Crippen MR) is 108 cm³/mol. The van der Waals surface area contributed by atoms with Gasteiger partial charge >= 0.3 is 6.09 Å². The second-order valence-corrected chi connectivity index (χ2v) is 6.31. The van der Waals surface area contributed by atoms with E-state index in [0.29, 0.717) is 32.6 Å². The maximum absolute atomic E-state index is 11.6. The van der Waals surface area contributed by atoms with Gasteiger partial charge in [-0.25, -0.2) is 4.79 Å². The summed E-state index contributed by atoms with van der Waals surface area (Å²) in [5, 5.41) is 17.4. The third-order valence-corrected chi connectivity index (χ3v) is 4.63. The summed E-state index contributed by atoms with van der Waals surface area (Å²) in [6.07, 6.45) is 1.58. The van der Waals surface area contributed by atoms with E-state index in [4.69, 9.17) is 0 Å². The molecule has 0 aliphatic carbocycles. The van der Waals surface area contributed by atoms with Gasteiger partial charge in [0.25, 0.3) is 0 Å². The second-order valence-electron chi connectivity index (χ2n) is 6.31. The first-order chi connectivity index (χ1) is 12.7. The van der Waals surface area contributed by atoms with Gasteiger partial charge in [0.05, 0.1) is 0 Å². The molecule has 0 saturated carbocycles. The lowest BCUT2D eigenvalue weighted by molar-refractivity contribution is 0.146. The number of hydrogen-bond acceptors (Lipinski definition) is 2. The highest BCUT2D eigenvalue weighted by molar-refractivity contribution is 6.02. The molecule has 4 nitrogen and oxygen atoms in total. The van der Waals surface area contributed by atoms with Crippen LogP contribution in [0.3, 0.4) is 0 Å². The van der Waals surface area contributed by atoms with Gasteiger partial charge in [-0.05, 0) is 39.6 Å². The van der Waals surface area contributed by atoms with Crippen molar-refractivity contribution in [1.82, 2.24) is 10.2 Å². The number of rotatable bonds is 8. The minimum Gasteiger partial charge on any atom is -0.465 e. The lowest BCUT2D eigenvalue weighted by Crippen LogP contribution is -2.37. The SMILES string of the molecule is C=CCNCCN(CCc1c2ccccc2cc2ccccc12)C(=O)O. The van der Waals surface area contributed by atoms with E-state index in [1.165, 1.54) is 32.0 Å². The van der Waals surface area contributed by atoms with Crippen molar-refractivity contribution in [3.63, 3.8) is 0 Å². The van der Waals surface area contributed by atoms with Crippen LogP contribution in [-0.2, 0) is 6.42 Å². The lowest BCUT2D eigenvalue weighted by Gasteiger charge is -2.20. The van der Waals surface area contributed by atoms with Crippen molar-refractivity contribution in [2.75, 3.05) is 26.2 Å². The average Bonchev–Trinajstić information content (AvgIpc) is 2.66. The van der Waals surface area contributed by atoms with Gasteiger partial charge in [0.15, 0.2) is 0 Å². The molecular formula is C22H24N2O2. The van der Waals surface area contributed by atoms with Gasteiger partial charge in [-0.2, -0.15) is 0 Å². The van der Waals surface area contributed by atoms with Crippen molar-refractivity contribution in [2.45, 2.75) is 6.42 Å². The molecule has 1 amide bonds. The summed E-state index contributed by atoms with van der Waals surface area (Å²) in [5.41, 5.74) is 1.21. The number of carbonyl (C=O) groups is 1. The number of amides is 1. The third-order valence-electron chi connectivity index (χ3n) is 4.63. The Labute approximate surface area is 153 Å². The van der Waals surface area contributed by atoms with Gasteiger partial charge < -0.3 is 15.3 Å². The monoisotopic (exact) mass is 348 g/mol. The van der Waals surface area contributed by atoms with E-state index in [9.17, 15) is 9.90 Å². The molecule has 134 valence electrons. The molecule has 0 unspecified atom stereocenters. The highest BCUT2D eigenvalue weighted by atomic mass is 16.4. The molecule has 0 radical (unpaired) electrons. The Hall–Kier alpha value is -2.85. The molecule has 0 atom stereocenters. The molecule has 26 heavy (non-hydrogen) atoms. The minimum absolute atomic E-state index is 0.464. The standard InChI is InChI=1S/C22H24N2O2/c1-2-12-23-13-15-24(22(25)26)14-11-21-19-9-5-3-7-17(19)16-18-8-4-6-10-20(18)21/h2-10,16,23H,1,11-15H2,(H,25,26). The van der Waals surface area contributed by atoms with Crippen molar-refractivity contribution >= 4 is 27.6 Å². The smallest absolute Gasteiger partial charge is 0.407 e. The number of nitrogens with zero attached hydrogens (tertiary/aromatic N) is 1. The fraction of sp³-hybridized carbons (Fsp3) is 0.227. The zero-order valence-corrected chi connectivity index (χ0v) is 14.8. The molecule has 3 aromatic carbocycles. The van der Waals surface area contributed by atoms with Crippen LogP contribution in [0.15, 0.2) is 67.3 Å². The summed E-state index contributed by atoms with van der Waals surface area (Å²) in [4.78, 5) is 13.1. The molecule has 0 spiro atoms. The molecule has 0 bridgehead atoms. The topological polar surface area (TPSA) is 52.6 Å². The highest BCUT2D eigenvalue weighted by Crippen LogP contribution is 2.28. The normalized spacial score (nSPS) is 10.9. The summed E-state index contributed by atoms with van der Waals surface area (Å²) in [6, 6.07) is 18.8. The highest BCUT2D eigenvalue weighted by Gasteiger charge is 2.13. The van der Waals surface area contributed by atoms with E-state index < -0.39 is 6.09 Å². The predicted octanol–water partition coefficient (Wildman–Crippen LogP) is 4.29. The van der Waals surface area contributed by atoms with Crippen molar-refractivity contribution in [3.8, 4) is 0 Å². The largest absolute Gasteiger partial charge is 0.465 e. The van der Waals surface area contributed by atoms with E-state index in [1.54, 1.807) is 6.08 Å². The average molecular weight is 348 g/mol. The Morgan fingerprint density at radius 2 is 1.65 bits per heavy atom. The van der Waals surface area contributed by atoms with E-state index >= 15 is 0 Å². The van der Waals surface area contributed by atoms with Gasteiger partial charge in [-0.3, -0.25) is 0 Å². The summed E-state index contributed by atoms with van der Waals surface area (Å²) in [7, 11) is 0. The van der Waals surface area contributed by atoms with Crippen LogP contribution < -0.4 is 5.32 Å². The first kappa shape index (κ1) is 18.0. The first-order valence-corrected chi connectivity index (χ1v) is 8.89. The van der Waals surface area contributed by atoms with Crippen molar-refractivity contribution < 1.29 is 9.90 Å². The number of benzene rings is 3. The Kier molecular flexibility index (Phi) is 5.87. The van der Waals surface area contributed by atoms with Crippen LogP contribution >= 0.6 is 0 Å². The molecule has 4 heteroatoms. The minimum atomic E-state index is -0.880. The first-order valence-electron chi connectivity index (χ1n) is 8.89. The van der Waals surface area contributed by atoms with Gasteiger partial charge in [-0.15, -0.1) is 6.58 Å². The lowest BCUT2D eigenvalue weighted by atomic mass is 9.95. The maximum Gasteiger partial charge on any atom is 0.407 e. The molecular weight excluding hydrogens is 324 g/mol. The van der Waals surface area contributed by atoms with Crippen LogP contribution in [0.5, 0.6) is 0 Å². The van der Waals surface area contributed by atoms with E-state index in [2.05, 4.69) is 42.2 Å². The van der Waals surface area contributed by atoms with Crippen LogP contribution in [0.2, 0.25) is 0 Å². The summed E-state index contributed by atoms with van der Waals surface area (Å²) in [5.74, 6) is 0. The number of nitrogens with one attached hydrogen (secondary N) is 1. The zero-order valence-electron chi connectivity index (χ0n) is 14.8. The second kappa shape index (κ2) is 8.50. The Balaban J connectivity index is 1.86. The van der Waals surface area contributed by atoms with Gasteiger partial charge in [0, 0.05) is 26.2 Å². The van der Waals surface area contributed by atoms with Crippen LogP contribution in [0, 0.1) is 0 Å². The molecule has 0 fully saturated rings. The number of carboxylic acid groups (broad SMARTS) is 1. The van der Waals surface area contributed by atoms with Crippen LogP contribution in [-0.4, -0.2) is 42.3 Å². The van der Waals surface area contributed by atoms with Crippen molar-refractivity contribution in [2.24, 2.45) is 0 Å².